The minimum atomic E-state index is -0.292. The predicted molar refractivity (Wildman–Crippen MR) is 47.5 cm³/mol. The summed E-state index contributed by atoms with van der Waals surface area (Å²) in [5.74, 6) is -0.292. The summed E-state index contributed by atoms with van der Waals surface area (Å²) in [5.41, 5.74) is 7.07. The van der Waals surface area contributed by atoms with Gasteiger partial charge in [0.2, 0.25) is 0 Å². The number of nitrogens with two attached hydrogens (primary N) is 1. The first-order chi connectivity index (χ1) is 4.63. The zero-order valence-corrected chi connectivity index (χ0v) is 7.33. The lowest BCUT2D eigenvalue weighted by Gasteiger charge is -2.02. The average molecular weight is 176 g/mol. The van der Waals surface area contributed by atoms with Crippen molar-refractivity contribution in [1.29, 1.82) is 0 Å². The zero-order valence-electron chi connectivity index (χ0n) is 6.52. The first-order valence-corrected chi connectivity index (χ1v) is 3.14. The summed E-state index contributed by atoms with van der Waals surface area (Å²) in [4.78, 5) is 0. The van der Waals surface area contributed by atoms with Crippen LogP contribution in [0, 0.1) is 19.7 Å². The Morgan fingerprint density at radius 1 is 1.18 bits per heavy atom. The Morgan fingerprint density at radius 3 is 2.09 bits per heavy atom. The molecule has 0 atom stereocenters. The fourth-order valence-corrected chi connectivity index (χ4v) is 0.798. The summed E-state index contributed by atoms with van der Waals surface area (Å²) in [7, 11) is 0. The van der Waals surface area contributed by atoms with Gasteiger partial charge < -0.3 is 5.73 Å². The molecule has 0 unspecified atom stereocenters. The van der Waals surface area contributed by atoms with E-state index in [1.54, 1.807) is 19.9 Å². The van der Waals surface area contributed by atoms with Crippen LogP contribution < -0.4 is 5.73 Å². The Balaban J connectivity index is 0.000001000. The van der Waals surface area contributed by atoms with E-state index in [1.165, 1.54) is 0 Å². The largest absolute Gasteiger partial charge is 0.396 e. The van der Waals surface area contributed by atoms with Crippen LogP contribution in [0.3, 0.4) is 0 Å². The van der Waals surface area contributed by atoms with Gasteiger partial charge in [0.05, 0.1) is 5.69 Å². The van der Waals surface area contributed by atoms with Crippen LogP contribution in [0.15, 0.2) is 12.1 Å². The highest BCUT2D eigenvalue weighted by Crippen LogP contribution is 2.17. The van der Waals surface area contributed by atoms with Crippen molar-refractivity contribution in [3.63, 3.8) is 0 Å². The molecule has 0 saturated heterocycles. The maximum Gasteiger partial charge on any atom is 0.149 e. The molecule has 0 aromatic heterocycles. The minimum absolute atomic E-state index is 0. The highest BCUT2D eigenvalue weighted by atomic mass is 35.5. The Hall–Kier alpha value is -0.760. The second-order valence-corrected chi connectivity index (χ2v) is 2.43. The molecule has 11 heavy (non-hydrogen) atoms. The molecule has 0 amide bonds. The van der Waals surface area contributed by atoms with Gasteiger partial charge in [-0.2, -0.15) is 0 Å². The molecule has 0 aliphatic carbocycles. The fraction of sp³-hybridized carbons (Fsp3) is 0.250. The third kappa shape index (κ3) is 1.84. The molecule has 0 heterocycles. The SMILES string of the molecule is Cc1ccc(C)c(F)c1N.Cl. The van der Waals surface area contributed by atoms with Gasteiger partial charge in [-0.05, 0) is 25.0 Å². The van der Waals surface area contributed by atoms with Crippen LogP contribution in [-0.4, -0.2) is 0 Å². The van der Waals surface area contributed by atoms with Gasteiger partial charge in [0.15, 0.2) is 0 Å². The molecule has 0 saturated carbocycles. The Morgan fingerprint density at radius 2 is 1.64 bits per heavy atom. The minimum Gasteiger partial charge on any atom is -0.396 e. The summed E-state index contributed by atoms with van der Waals surface area (Å²) in [6, 6.07) is 3.54. The number of rotatable bonds is 0. The van der Waals surface area contributed by atoms with E-state index in [9.17, 15) is 4.39 Å². The number of hydrogen-bond donors (Lipinski definition) is 1. The van der Waals surface area contributed by atoms with Gasteiger partial charge in [0, 0.05) is 0 Å². The van der Waals surface area contributed by atoms with E-state index in [-0.39, 0.29) is 23.9 Å². The van der Waals surface area contributed by atoms with Gasteiger partial charge in [0.1, 0.15) is 5.82 Å². The van der Waals surface area contributed by atoms with Crippen molar-refractivity contribution >= 4 is 18.1 Å². The van der Waals surface area contributed by atoms with Crippen molar-refractivity contribution in [2.24, 2.45) is 0 Å². The van der Waals surface area contributed by atoms with Crippen molar-refractivity contribution in [3.8, 4) is 0 Å². The summed E-state index contributed by atoms with van der Waals surface area (Å²) >= 11 is 0. The van der Waals surface area contributed by atoms with E-state index >= 15 is 0 Å². The fourth-order valence-electron chi connectivity index (χ4n) is 0.798. The van der Waals surface area contributed by atoms with Gasteiger partial charge in [-0.1, -0.05) is 12.1 Å². The lowest BCUT2D eigenvalue weighted by Crippen LogP contribution is -1.95. The zero-order chi connectivity index (χ0) is 7.72. The molecule has 0 aliphatic heterocycles. The molecule has 3 heteroatoms. The third-order valence-electron chi connectivity index (χ3n) is 1.59. The monoisotopic (exact) mass is 175 g/mol. The molecule has 1 nitrogen and oxygen atoms in total. The molecule has 0 fully saturated rings. The van der Waals surface area contributed by atoms with E-state index in [0.717, 1.165) is 5.56 Å². The number of halogens is 2. The van der Waals surface area contributed by atoms with Crippen molar-refractivity contribution in [2.75, 3.05) is 5.73 Å². The van der Waals surface area contributed by atoms with E-state index in [0.29, 0.717) is 5.56 Å². The highest BCUT2D eigenvalue weighted by molar-refractivity contribution is 5.85. The van der Waals surface area contributed by atoms with Crippen LogP contribution >= 0.6 is 12.4 Å². The normalized spacial score (nSPS) is 9.00. The van der Waals surface area contributed by atoms with Crippen LogP contribution in [-0.2, 0) is 0 Å². The van der Waals surface area contributed by atoms with Gasteiger partial charge in [0.25, 0.3) is 0 Å². The number of hydrogen-bond acceptors (Lipinski definition) is 1. The predicted octanol–water partition coefficient (Wildman–Crippen LogP) is 2.45. The van der Waals surface area contributed by atoms with Crippen LogP contribution in [0.25, 0.3) is 0 Å². The molecular formula is C8H11ClFN. The molecule has 1 aromatic carbocycles. The van der Waals surface area contributed by atoms with Crippen LogP contribution in [0.4, 0.5) is 10.1 Å². The van der Waals surface area contributed by atoms with E-state index < -0.39 is 0 Å². The Labute approximate surface area is 71.8 Å². The highest BCUT2D eigenvalue weighted by Gasteiger charge is 2.02. The molecule has 1 aromatic rings. The molecule has 0 spiro atoms. The number of anilines is 1. The Kier molecular flexibility index (Phi) is 3.33. The van der Waals surface area contributed by atoms with E-state index in [4.69, 9.17) is 5.73 Å². The second kappa shape index (κ2) is 3.58. The Bertz CT molecular complexity index is 234. The number of benzene rings is 1. The van der Waals surface area contributed by atoms with Crippen molar-refractivity contribution in [3.05, 3.63) is 29.1 Å². The van der Waals surface area contributed by atoms with Crippen molar-refractivity contribution < 1.29 is 4.39 Å². The lowest BCUT2D eigenvalue weighted by molar-refractivity contribution is 0.622. The lowest BCUT2D eigenvalue weighted by atomic mass is 10.1. The molecule has 0 radical (unpaired) electrons. The molecular weight excluding hydrogens is 165 g/mol. The summed E-state index contributed by atoms with van der Waals surface area (Å²) < 4.78 is 12.9. The first-order valence-electron chi connectivity index (χ1n) is 3.14. The van der Waals surface area contributed by atoms with Crippen LogP contribution in [0.5, 0.6) is 0 Å². The van der Waals surface area contributed by atoms with Gasteiger partial charge in [-0.15, -0.1) is 12.4 Å². The average Bonchev–Trinajstić information content (AvgIpc) is 1.93. The molecule has 0 aliphatic rings. The van der Waals surface area contributed by atoms with Crippen LogP contribution in [0.2, 0.25) is 0 Å². The van der Waals surface area contributed by atoms with Gasteiger partial charge >= 0.3 is 0 Å². The molecule has 0 bridgehead atoms. The molecule has 1 rings (SSSR count). The summed E-state index contributed by atoms with van der Waals surface area (Å²) in [5, 5.41) is 0. The quantitative estimate of drug-likeness (QED) is 0.603. The van der Waals surface area contributed by atoms with Gasteiger partial charge in [-0.3, -0.25) is 0 Å². The van der Waals surface area contributed by atoms with E-state index in [1.807, 2.05) is 6.07 Å². The van der Waals surface area contributed by atoms with Gasteiger partial charge in [-0.25, -0.2) is 4.39 Å². The second-order valence-electron chi connectivity index (χ2n) is 2.43. The first kappa shape index (κ1) is 10.2. The number of nitrogen functional groups attached to an aromatic ring is 1. The van der Waals surface area contributed by atoms with Crippen molar-refractivity contribution in [1.82, 2.24) is 0 Å². The van der Waals surface area contributed by atoms with Crippen LogP contribution in [0.1, 0.15) is 11.1 Å². The number of aryl methyl sites for hydroxylation is 2. The smallest absolute Gasteiger partial charge is 0.149 e. The third-order valence-corrected chi connectivity index (χ3v) is 1.59. The standard InChI is InChI=1S/C8H10FN.ClH/c1-5-3-4-6(2)8(10)7(5)9;/h3-4H,10H2,1-2H3;1H. The summed E-state index contributed by atoms with van der Waals surface area (Å²) in [6.45, 7) is 3.49. The van der Waals surface area contributed by atoms with Crippen molar-refractivity contribution in [2.45, 2.75) is 13.8 Å². The maximum absolute atomic E-state index is 12.9. The van der Waals surface area contributed by atoms with E-state index in [2.05, 4.69) is 0 Å². The maximum atomic E-state index is 12.9. The summed E-state index contributed by atoms with van der Waals surface area (Å²) in [6.07, 6.45) is 0. The molecule has 2 N–H and O–H groups in total. The molecule has 62 valence electrons. The topological polar surface area (TPSA) is 26.0 Å².